The number of nitrogens with one attached hydrogen (secondary N) is 1. The highest BCUT2D eigenvalue weighted by atomic mass is 35.5. The van der Waals surface area contributed by atoms with Gasteiger partial charge in [0.2, 0.25) is 6.08 Å². The first kappa shape index (κ1) is 9.97. The zero-order valence-corrected chi connectivity index (χ0v) is 8.93. The standard InChI is InChI=1S/C11H9ClN2O/c1-7-4-9-10(14-7)3-2-8(11(9)12)5-13-6-15/h2-4,14H,5H2,1H3. The van der Waals surface area contributed by atoms with E-state index in [0.717, 1.165) is 22.2 Å². The van der Waals surface area contributed by atoms with Crippen LogP contribution in [-0.4, -0.2) is 11.1 Å². The summed E-state index contributed by atoms with van der Waals surface area (Å²) in [6.07, 6.45) is 1.51. The first-order valence-corrected chi connectivity index (χ1v) is 4.90. The van der Waals surface area contributed by atoms with Crippen molar-refractivity contribution in [2.24, 2.45) is 4.99 Å². The molecule has 0 spiro atoms. The van der Waals surface area contributed by atoms with E-state index in [4.69, 9.17) is 11.6 Å². The average Bonchev–Trinajstić information content (AvgIpc) is 2.59. The molecule has 0 bridgehead atoms. The van der Waals surface area contributed by atoms with E-state index in [0.29, 0.717) is 5.02 Å². The number of isocyanates is 1. The second kappa shape index (κ2) is 3.89. The Morgan fingerprint density at radius 1 is 1.53 bits per heavy atom. The van der Waals surface area contributed by atoms with E-state index in [9.17, 15) is 4.79 Å². The maximum Gasteiger partial charge on any atom is 0.235 e. The molecule has 1 aromatic heterocycles. The van der Waals surface area contributed by atoms with Gasteiger partial charge in [0.15, 0.2) is 0 Å². The molecule has 2 aromatic rings. The summed E-state index contributed by atoms with van der Waals surface area (Å²) >= 11 is 6.18. The van der Waals surface area contributed by atoms with Crippen molar-refractivity contribution in [2.75, 3.05) is 0 Å². The van der Waals surface area contributed by atoms with Crippen molar-refractivity contribution in [3.8, 4) is 0 Å². The Labute approximate surface area is 91.8 Å². The van der Waals surface area contributed by atoms with Gasteiger partial charge in [0.1, 0.15) is 0 Å². The lowest BCUT2D eigenvalue weighted by atomic mass is 10.1. The number of carbonyl (C=O) groups excluding carboxylic acids is 1. The maximum absolute atomic E-state index is 10.0. The second-order valence-electron chi connectivity index (χ2n) is 3.36. The van der Waals surface area contributed by atoms with Gasteiger partial charge in [0, 0.05) is 16.6 Å². The van der Waals surface area contributed by atoms with Gasteiger partial charge in [-0.15, -0.1) is 0 Å². The highest BCUT2D eigenvalue weighted by molar-refractivity contribution is 6.36. The number of hydrogen-bond acceptors (Lipinski definition) is 2. The lowest BCUT2D eigenvalue weighted by Gasteiger charge is -2.00. The molecule has 0 amide bonds. The molecule has 15 heavy (non-hydrogen) atoms. The van der Waals surface area contributed by atoms with E-state index in [1.165, 1.54) is 6.08 Å². The highest BCUT2D eigenvalue weighted by Crippen LogP contribution is 2.28. The van der Waals surface area contributed by atoms with Crippen LogP contribution in [0.2, 0.25) is 5.02 Å². The Balaban J connectivity index is 2.58. The number of aromatic amines is 1. The number of aromatic nitrogens is 1. The van der Waals surface area contributed by atoms with Crippen LogP contribution in [0.4, 0.5) is 0 Å². The van der Waals surface area contributed by atoms with Crippen molar-refractivity contribution in [3.05, 3.63) is 34.5 Å². The zero-order chi connectivity index (χ0) is 10.8. The average molecular weight is 221 g/mol. The third-order valence-electron chi connectivity index (χ3n) is 2.27. The molecule has 0 fully saturated rings. The molecule has 2 rings (SSSR count). The molecule has 0 atom stereocenters. The van der Waals surface area contributed by atoms with Crippen molar-refractivity contribution < 1.29 is 4.79 Å². The summed E-state index contributed by atoms with van der Waals surface area (Å²) in [4.78, 5) is 16.7. The van der Waals surface area contributed by atoms with E-state index in [-0.39, 0.29) is 6.54 Å². The summed E-state index contributed by atoms with van der Waals surface area (Å²) in [5.74, 6) is 0. The summed E-state index contributed by atoms with van der Waals surface area (Å²) in [7, 11) is 0. The Hall–Kier alpha value is -1.57. The SMILES string of the molecule is Cc1cc2c(Cl)c(CN=C=O)ccc2[nH]1. The first-order valence-electron chi connectivity index (χ1n) is 4.52. The molecule has 0 saturated carbocycles. The largest absolute Gasteiger partial charge is 0.359 e. The Morgan fingerprint density at radius 3 is 3.07 bits per heavy atom. The summed E-state index contributed by atoms with van der Waals surface area (Å²) in [5.41, 5.74) is 2.89. The third kappa shape index (κ3) is 1.80. The van der Waals surface area contributed by atoms with Crippen LogP contribution in [0.25, 0.3) is 10.9 Å². The predicted molar refractivity (Wildman–Crippen MR) is 59.9 cm³/mol. The third-order valence-corrected chi connectivity index (χ3v) is 2.71. The number of aliphatic imine (C=N–C) groups is 1. The molecule has 4 heteroatoms. The molecule has 0 aliphatic rings. The number of fused-ring (bicyclic) bond motifs is 1. The van der Waals surface area contributed by atoms with Gasteiger partial charge in [-0.3, -0.25) is 0 Å². The fourth-order valence-corrected chi connectivity index (χ4v) is 1.87. The molecule has 0 radical (unpaired) electrons. The number of H-pyrrole nitrogens is 1. The Morgan fingerprint density at radius 2 is 2.33 bits per heavy atom. The summed E-state index contributed by atoms with van der Waals surface area (Å²) in [6.45, 7) is 2.25. The van der Waals surface area contributed by atoms with Gasteiger partial charge in [0.05, 0.1) is 11.6 Å². The molecule has 76 valence electrons. The number of benzene rings is 1. The number of rotatable bonds is 2. The van der Waals surface area contributed by atoms with E-state index < -0.39 is 0 Å². The molecule has 0 aliphatic heterocycles. The smallest absolute Gasteiger partial charge is 0.235 e. The minimum absolute atomic E-state index is 0.280. The van der Waals surface area contributed by atoms with Crippen LogP contribution in [-0.2, 0) is 11.3 Å². The van der Waals surface area contributed by atoms with Crippen molar-refractivity contribution in [1.29, 1.82) is 0 Å². The van der Waals surface area contributed by atoms with E-state index in [2.05, 4.69) is 9.98 Å². The number of aryl methyl sites for hydroxylation is 1. The van der Waals surface area contributed by atoms with Gasteiger partial charge in [-0.1, -0.05) is 17.7 Å². The van der Waals surface area contributed by atoms with Crippen molar-refractivity contribution in [3.63, 3.8) is 0 Å². The normalized spacial score (nSPS) is 10.3. The molecule has 0 saturated heterocycles. The Kier molecular flexibility index (Phi) is 2.58. The van der Waals surface area contributed by atoms with Crippen molar-refractivity contribution in [1.82, 2.24) is 4.98 Å². The molecule has 0 unspecified atom stereocenters. The predicted octanol–water partition coefficient (Wildman–Crippen LogP) is 2.97. The summed E-state index contributed by atoms with van der Waals surface area (Å²) < 4.78 is 0. The van der Waals surface area contributed by atoms with Crippen LogP contribution in [0, 0.1) is 6.92 Å². The summed E-state index contributed by atoms with van der Waals surface area (Å²) in [6, 6.07) is 5.77. The van der Waals surface area contributed by atoms with Crippen LogP contribution in [0.3, 0.4) is 0 Å². The van der Waals surface area contributed by atoms with E-state index >= 15 is 0 Å². The molecular weight excluding hydrogens is 212 g/mol. The fourth-order valence-electron chi connectivity index (χ4n) is 1.59. The van der Waals surface area contributed by atoms with Gasteiger partial charge < -0.3 is 4.98 Å². The minimum atomic E-state index is 0.280. The molecule has 1 N–H and O–H groups in total. The van der Waals surface area contributed by atoms with Crippen LogP contribution >= 0.6 is 11.6 Å². The van der Waals surface area contributed by atoms with Crippen molar-refractivity contribution >= 4 is 28.6 Å². The van der Waals surface area contributed by atoms with Gasteiger partial charge in [0.25, 0.3) is 0 Å². The van der Waals surface area contributed by atoms with Crippen LogP contribution in [0.5, 0.6) is 0 Å². The molecule has 1 aromatic carbocycles. The number of hydrogen-bond donors (Lipinski definition) is 1. The molecule has 3 nitrogen and oxygen atoms in total. The van der Waals surface area contributed by atoms with E-state index in [1.54, 1.807) is 0 Å². The van der Waals surface area contributed by atoms with Crippen LogP contribution in [0.15, 0.2) is 23.2 Å². The highest BCUT2D eigenvalue weighted by Gasteiger charge is 2.06. The lowest BCUT2D eigenvalue weighted by molar-refractivity contribution is 0.563. The monoisotopic (exact) mass is 220 g/mol. The second-order valence-corrected chi connectivity index (χ2v) is 3.74. The zero-order valence-electron chi connectivity index (χ0n) is 8.17. The minimum Gasteiger partial charge on any atom is -0.359 e. The van der Waals surface area contributed by atoms with Crippen LogP contribution < -0.4 is 0 Å². The van der Waals surface area contributed by atoms with Gasteiger partial charge in [-0.05, 0) is 24.6 Å². The molecular formula is C11H9ClN2O. The van der Waals surface area contributed by atoms with Gasteiger partial charge in [-0.25, -0.2) is 9.79 Å². The molecule has 1 heterocycles. The summed E-state index contributed by atoms with van der Waals surface area (Å²) in [5, 5.41) is 1.61. The van der Waals surface area contributed by atoms with E-state index in [1.807, 2.05) is 25.1 Å². The fraction of sp³-hybridized carbons (Fsp3) is 0.182. The van der Waals surface area contributed by atoms with Gasteiger partial charge in [-0.2, -0.15) is 0 Å². The van der Waals surface area contributed by atoms with Crippen LogP contribution in [0.1, 0.15) is 11.3 Å². The Bertz CT molecular complexity index is 553. The van der Waals surface area contributed by atoms with Gasteiger partial charge >= 0.3 is 0 Å². The first-order chi connectivity index (χ1) is 7.22. The molecule has 0 aliphatic carbocycles. The number of halogens is 1. The number of nitrogens with zero attached hydrogens (tertiary/aromatic N) is 1. The lowest BCUT2D eigenvalue weighted by Crippen LogP contribution is -1.83. The quantitative estimate of drug-likeness (QED) is 0.614. The van der Waals surface area contributed by atoms with Crippen molar-refractivity contribution in [2.45, 2.75) is 13.5 Å². The topological polar surface area (TPSA) is 45.2 Å². The maximum atomic E-state index is 10.0.